The van der Waals surface area contributed by atoms with Gasteiger partial charge in [0.15, 0.2) is 0 Å². The number of nitrogens with one attached hydrogen (secondary N) is 1. The van der Waals surface area contributed by atoms with Gasteiger partial charge in [-0.05, 0) is 142 Å². The summed E-state index contributed by atoms with van der Waals surface area (Å²) >= 11 is 0. The molecule has 282 valence electrons. The number of benzene rings is 1. The average molecular weight is 732 g/mol. The van der Waals surface area contributed by atoms with Crippen LogP contribution in [-0.4, -0.2) is 87.2 Å². The number of rotatable bonds is 11. The summed E-state index contributed by atoms with van der Waals surface area (Å²) in [6, 6.07) is 6.60. The first-order chi connectivity index (χ1) is 23.8. The highest BCUT2D eigenvalue weighted by molar-refractivity contribution is 7.84. The Balaban J connectivity index is 1.10. The first-order valence-corrected chi connectivity index (χ1v) is 20.3. The van der Waals surface area contributed by atoms with Gasteiger partial charge in [0, 0.05) is 53.9 Å². The van der Waals surface area contributed by atoms with Gasteiger partial charge in [-0.15, -0.1) is 0 Å². The van der Waals surface area contributed by atoms with Crippen molar-refractivity contribution in [3.05, 3.63) is 29.3 Å². The van der Waals surface area contributed by atoms with Crippen molar-refractivity contribution in [3.63, 3.8) is 0 Å². The fraction of sp³-hybridized carbons (Fsp3) is 0.811. The van der Waals surface area contributed by atoms with Gasteiger partial charge in [0.25, 0.3) is 0 Å². The summed E-state index contributed by atoms with van der Waals surface area (Å²) in [5, 5.41) is 9.99. The number of alkyl halides is 5. The number of piperidine rings is 2. The van der Waals surface area contributed by atoms with Crippen molar-refractivity contribution in [3.8, 4) is 5.75 Å². The van der Waals surface area contributed by atoms with Gasteiger partial charge in [0.05, 0.1) is 0 Å². The lowest BCUT2D eigenvalue weighted by molar-refractivity contribution is -0.284. The molecule has 50 heavy (non-hydrogen) atoms. The maximum absolute atomic E-state index is 13.3. The van der Waals surface area contributed by atoms with Crippen LogP contribution in [0.3, 0.4) is 0 Å². The van der Waals surface area contributed by atoms with E-state index in [2.05, 4.69) is 23.4 Å². The number of carbonyl (C=O) groups excluding carboxylic acids is 1. The van der Waals surface area contributed by atoms with Gasteiger partial charge in [-0.25, -0.2) is 10.3 Å². The molecule has 7 atom stereocenters. The highest BCUT2D eigenvalue weighted by Gasteiger charge is 2.57. The maximum Gasteiger partial charge on any atom is 0.453 e. The lowest BCUT2D eigenvalue weighted by Crippen LogP contribution is -2.50. The Kier molecular flexibility index (Phi) is 11.9. The Morgan fingerprint density at radius 1 is 1.00 bits per heavy atom. The summed E-state index contributed by atoms with van der Waals surface area (Å²) in [6.45, 7) is 5.94. The van der Waals surface area contributed by atoms with E-state index in [1.807, 2.05) is 17.0 Å². The zero-order valence-corrected chi connectivity index (χ0v) is 30.0. The first-order valence-electron chi connectivity index (χ1n) is 18.8. The van der Waals surface area contributed by atoms with Gasteiger partial charge in [0.2, 0.25) is 0 Å². The van der Waals surface area contributed by atoms with Crippen LogP contribution in [0, 0.1) is 23.2 Å². The third-order valence-electron chi connectivity index (χ3n) is 13.1. The van der Waals surface area contributed by atoms with Crippen molar-refractivity contribution >= 4 is 16.9 Å². The Morgan fingerprint density at radius 2 is 1.72 bits per heavy atom. The maximum atomic E-state index is 13.3. The minimum Gasteiger partial charge on any atom is -0.410 e. The van der Waals surface area contributed by atoms with Crippen LogP contribution in [0.4, 0.5) is 26.7 Å². The zero-order chi connectivity index (χ0) is 35.7. The van der Waals surface area contributed by atoms with Crippen molar-refractivity contribution in [1.29, 1.82) is 0 Å². The Hall–Kier alpha value is -1.83. The van der Waals surface area contributed by atoms with Crippen LogP contribution in [0.2, 0.25) is 0 Å². The lowest BCUT2D eigenvalue weighted by atomic mass is 9.52. The van der Waals surface area contributed by atoms with Gasteiger partial charge < -0.3 is 19.7 Å². The SMILES string of the molecule is C[C@]12CC[C@@H]3c4ccc(OC(=O)N5CCC(N6CCCCC6)CC5)cc4C[C@@H](CCCS(=O)CCCC(F)(F)C(F)(F)F)[C@H]3[C@@H]1CCC2NO. The number of carbonyl (C=O) groups is 1. The van der Waals surface area contributed by atoms with Gasteiger partial charge in [-0.2, -0.15) is 22.0 Å². The molecule has 2 N–H and O–H groups in total. The van der Waals surface area contributed by atoms with Crippen LogP contribution in [-0.2, 0) is 17.2 Å². The molecular weight excluding hydrogens is 677 g/mol. The standard InChI is InChI=1S/C37H54F5N3O4S/c1-35-16-12-30-29-9-8-28(49-34(46)45-19-13-27(14-20-45)44-17-3-2-4-18-44)24-26(29)23-25(33(30)31(35)10-11-32(35)43-47)7-5-21-50(48)22-6-15-36(38,39)37(40,41)42/h8-9,24-25,27,30-33,43,47H,2-7,10-23H2,1H3/t25-,30-,31+,32?,33-,35+,50?/m1/s1. The molecule has 1 aromatic carbocycles. The summed E-state index contributed by atoms with van der Waals surface area (Å²) in [5.41, 5.74) is 4.96. The van der Waals surface area contributed by atoms with Gasteiger partial charge in [-0.3, -0.25) is 4.21 Å². The minimum atomic E-state index is -5.59. The molecule has 2 saturated carbocycles. The van der Waals surface area contributed by atoms with Crippen molar-refractivity contribution in [2.24, 2.45) is 23.2 Å². The smallest absolute Gasteiger partial charge is 0.410 e. The predicted molar refractivity (Wildman–Crippen MR) is 182 cm³/mol. The van der Waals surface area contributed by atoms with E-state index in [1.54, 1.807) is 0 Å². The van der Waals surface area contributed by atoms with Crippen LogP contribution in [0.1, 0.15) is 107 Å². The van der Waals surface area contributed by atoms with E-state index in [1.165, 1.54) is 24.8 Å². The fourth-order valence-electron chi connectivity index (χ4n) is 10.4. The molecule has 2 heterocycles. The van der Waals surface area contributed by atoms with Crippen molar-refractivity contribution < 1.29 is 40.9 Å². The number of hydroxylamine groups is 1. The lowest BCUT2D eigenvalue weighted by Gasteiger charge is -2.53. The second-order valence-electron chi connectivity index (χ2n) is 15.9. The molecule has 6 rings (SSSR count). The zero-order valence-electron chi connectivity index (χ0n) is 29.2. The highest BCUT2D eigenvalue weighted by atomic mass is 32.2. The van der Waals surface area contributed by atoms with E-state index in [4.69, 9.17) is 4.74 Å². The summed E-state index contributed by atoms with van der Waals surface area (Å²) < 4.78 is 83.0. The van der Waals surface area contributed by atoms with Crippen molar-refractivity contribution in [2.45, 2.75) is 127 Å². The van der Waals surface area contributed by atoms with E-state index in [-0.39, 0.29) is 35.0 Å². The van der Waals surface area contributed by atoms with Crippen LogP contribution in [0.5, 0.6) is 5.75 Å². The number of hydrogen-bond donors (Lipinski definition) is 2. The molecule has 2 saturated heterocycles. The Morgan fingerprint density at radius 3 is 2.42 bits per heavy atom. The van der Waals surface area contributed by atoms with E-state index >= 15 is 0 Å². The molecule has 0 bridgehead atoms. The molecule has 0 aromatic heterocycles. The van der Waals surface area contributed by atoms with Crippen molar-refractivity contribution in [1.82, 2.24) is 15.3 Å². The Labute approximate surface area is 295 Å². The predicted octanol–water partition coefficient (Wildman–Crippen LogP) is 8.07. The number of ether oxygens (including phenoxy) is 1. The summed E-state index contributed by atoms with van der Waals surface area (Å²) in [5.74, 6) is -2.90. The molecule has 4 fully saturated rings. The molecule has 3 aliphatic carbocycles. The van der Waals surface area contributed by atoms with E-state index < -0.39 is 35.7 Å². The van der Waals surface area contributed by atoms with Crippen LogP contribution < -0.4 is 10.2 Å². The average Bonchev–Trinajstić information content (AvgIpc) is 3.44. The van der Waals surface area contributed by atoms with Crippen LogP contribution >= 0.6 is 0 Å². The Bertz CT molecular complexity index is 1350. The van der Waals surface area contributed by atoms with Gasteiger partial charge in [0.1, 0.15) is 5.75 Å². The van der Waals surface area contributed by atoms with E-state index in [0.717, 1.165) is 70.0 Å². The number of halogens is 5. The third-order valence-corrected chi connectivity index (χ3v) is 14.6. The minimum absolute atomic E-state index is 0.0181. The quantitative estimate of drug-likeness (QED) is 0.177. The molecule has 13 heteroatoms. The van der Waals surface area contributed by atoms with Crippen LogP contribution in [0.25, 0.3) is 0 Å². The molecule has 7 nitrogen and oxygen atoms in total. The largest absolute Gasteiger partial charge is 0.453 e. The number of hydrogen-bond acceptors (Lipinski definition) is 6. The molecule has 0 spiro atoms. The van der Waals surface area contributed by atoms with Gasteiger partial charge in [-0.1, -0.05) is 19.4 Å². The van der Waals surface area contributed by atoms with E-state index in [9.17, 15) is 36.2 Å². The molecule has 1 amide bonds. The normalized spacial score (nSPS) is 31.5. The van der Waals surface area contributed by atoms with E-state index in [0.29, 0.717) is 49.1 Å². The molecule has 2 unspecified atom stereocenters. The topological polar surface area (TPSA) is 82.1 Å². The number of likely N-dealkylation sites (tertiary alicyclic amines) is 2. The first kappa shape index (κ1) is 37.9. The molecule has 0 radical (unpaired) electrons. The summed E-state index contributed by atoms with van der Waals surface area (Å²) in [7, 11) is -1.49. The van der Waals surface area contributed by atoms with Crippen molar-refractivity contribution in [2.75, 3.05) is 37.7 Å². The molecule has 2 aliphatic heterocycles. The highest BCUT2D eigenvalue weighted by Crippen LogP contribution is 2.62. The third kappa shape index (κ3) is 8.05. The fourth-order valence-corrected chi connectivity index (χ4v) is 11.6. The molecule has 5 aliphatic rings. The monoisotopic (exact) mass is 731 g/mol. The number of amides is 1. The van der Waals surface area contributed by atoms with Crippen LogP contribution in [0.15, 0.2) is 18.2 Å². The molecule has 1 aromatic rings. The summed E-state index contributed by atoms with van der Waals surface area (Å²) in [4.78, 5) is 17.6. The number of nitrogens with zero attached hydrogens (tertiary/aromatic N) is 2. The summed E-state index contributed by atoms with van der Waals surface area (Å²) in [6.07, 6.45) is 3.92. The van der Waals surface area contributed by atoms with Gasteiger partial charge >= 0.3 is 18.2 Å². The second-order valence-corrected chi connectivity index (χ2v) is 17.6. The second kappa shape index (κ2) is 15.6. The molecular formula is C37H54F5N3O4S. The number of fused-ring (bicyclic) bond motifs is 5.